The van der Waals surface area contributed by atoms with Crippen LogP contribution in [0.1, 0.15) is 27.2 Å². The lowest BCUT2D eigenvalue weighted by Gasteiger charge is -2.30. The average Bonchev–Trinajstić information content (AvgIpc) is 2.15. The highest BCUT2D eigenvalue weighted by molar-refractivity contribution is 5.88. The molecule has 1 rings (SSSR count). The molecular formula is C11H16N2O3. The van der Waals surface area contributed by atoms with E-state index in [1.807, 2.05) is 6.07 Å². The largest absolute Gasteiger partial charge is 0.444 e. The molecule has 1 heterocycles. The SMILES string of the molecule is CC(C)(C)OC(=O)N1CC[C@@H](C#N)C(=O)C1. The fourth-order valence-electron chi connectivity index (χ4n) is 1.44. The van der Waals surface area contributed by atoms with Gasteiger partial charge in [0.2, 0.25) is 0 Å². The van der Waals surface area contributed by atoms with Gasteiger partial charge in [-0.1, -0.05) is 0 Å². The Labute approximate surface area is 95.0 Å². The molecule has 88 valence electrons. The molecule has 16 heavy (non-hydrogen) atoms. The monoisotopic (exact) mass is 224 g/mol. The molecule has 1 fully saturated rings. The van der Waals surface area contributed by atoms with Crippen molar-refractivity contribution in [3.05, 3.63) is 0 Å². The Hall–Kier alpha value is -1.57. The Morgan fingerprint density at radius 3 is 2.62 bits per heavy atom. The minimum atomic E-state index is -0.571. The van der Waals surface area contributed by atoms with Crippen LogP contribution in [0.5, 0.6) is 0 Å². The molecule has 5 nitrogen and oxygen atoms in total. The zero-order valence-electron chi connectivity index (χ0n) is 9.82. The van der Waals surface area contributed by atoms with E-state index < -0.39 is 17.6 Å². The van der Waals surface area contributed by atoms with Gasteiger partial charge in [-0.2, -0.15) is 5.26 Å². The van der Waals surface area contributed by atoms with Gasteiger partial charge in [0, 0.05) is 6.54 Å². The molecule has 1 saturated heterocycles. The third kappa shape index (κ3) is 3.23. The van der Waals surface area contributed by atoms with Crippen LogP contribution in [0.4, 0.5) is 4.79 Å². The van der Waals surface area contributed by atoms with E-state index in [1.165, 1.54) is 4.90 Å². The summed E-state index contributed by atoms with van der Waals surface area (Å²) in [5.74, 6) is -0.779. The second kappa shape index (κ2) is 4.52. The van der Waals surface area contributed by atoms with Crippen LogP contribution in [0, 0.1) is 17.2 Å². The second-order valence-corrected chi connectivity index (χ2v) is 4.84. The van der Waals surface area contributed by atoms with Crippen LogP contribution in [0.15, 0.2) is 0 Å². The smallest absolute Gasteiger partial charge is 0.410 e. The Kier molecular flexibility index (Phi) is 3.53. The van der Waals surface area contributed by atoms with Crippen molar-refractivity contribution in [3.8, 4) is 6.07 Å². The number of carbonyl (C=O) groups is 2. The molecule has 0 radical (unpaired) electrons. The van der Waals surface area contributed by atoms with E-state index in [9.17, 15) is 9.59 Å². The van der Waals surface area contributed by atoms with Crippen LogP contribution in [0.3, 0.4) is 0 Å². The maximum atomic E-state index is 11.6. The number of hydrogen-bond donors (Lipinski definition) is 0. The van der Waals surface area contributed by atoms with Crippen molar-refractivity contribution in [2.75, 3.05) is 13.1 Å². The van der Waals surface area contributed by atoms with Gasteiger partial charge in [0.25, 0.3) is 0 Å². The number of carbonyl (C=O) groups excluding carboxylic acids is 2. The summed E-state index contributed by atoms with van der Waals surface area (Å²) in [6.07, 6.45) is -0.0913. The number of nitriles is 1. The fourth-order valence-corrected chi connectivity index (χ4v) is 1.44. The van der Waals surface area contributed by atoms with E-state index in [0.717, 1.165) is 0 Å². The van der Waals surface area contributed by atoms with Gasteiger partial charge in [-0.15, -0.1) is 0 Å². The second-order valence-electron chi connectivity index (χ2n) is 4.84. The van der Waals surface area contributed by atoms with Crippen LogP contribution >= 0.6 is 0 Å². The molecule has 0 aromatic rings. The van der Waals surface area contributed by atoms with Crippen molar-refractivity contribution in [2.45, 2.75) is 32.8 Å². The van der Waals surface area contributed by atoms with Gasteiger partial charge in [0.15, 0.2) is 5.78 Å². The lowest BCUT2D eigenvalue weighted by atomic mass is 9.97. The molecule has 1 aliphatic rings. The van der Waals surface area contributed by atoms with E-state index in [4.69, 9.17) is 10.00 Å². The highest BCUT2D eigenvalue weighted by atomic mass is 16.6. The number of amides is 1. The highest BCUT2D eigenvalue weighted by Gasteiger charge is 2.31. The number of hydrogen-bond acceptors (Lipinski definition) is 4. The van der Waals surface area contributed by atoms with Crippen molar-refractivity contribution in [3.63, 3.8) is 0 Å². The van der Waals surface area contributed by atoms with Crippen molar-refractivity contribution in [1.82, 2.24) is 4.90 Å². The van der Waals surface area contributed by atoms with Crippen molar-refractivity contribution in [1.29, 1.82) is 5.26 Å². The van der Waals surface area contributed by atoms with Crippen LogP contribution in [-0.2, 0) is 9.53 Å². The van der Waals surface area contributed by atoms with E-state index in [-0.39, 0.29) is 12.3 Å². The quantitative estimate of drug-likeness (QED) is 0.622. The molecule has 0 saturated carbocycles. The molecule has 0 aliphatic carbocycles. The Bertz CT molecular complexity index is 338. The Balaban J connectivity index is 2.56. The Morgan fingerprint density at radius 2 is 2.19 bits per heavy atom. The number of likely N-dealkylation sites (tertiary alicyclic amines) is 1. The number of nitrogens with zero attached hydrogens (tertiary/aromatic N) is 2. The van der Waals surface area contributed by atoms with Gasteiger partial charge in [0.05, 0.1) is 12.6 Å². The minimum Gasteiger partial charge on any atom is -0.444 e. The van der Waals surface area contributed by atoms with Crippen LogP contribution in [0.25, 0.3) is 0 Å². The lowest BCUT2D eigenvalue weighted by Crippen LogP contribution is -2.45. The molecule has 1 atom stereocenters. The molecule has 0 aromatic heterocycles. The minimum absolute atomic E-state index is 0.0207. The first-order valence-corrected chi connectivity index (χ1v) is 5.24. The molecule has 5 heteroatoms. The lowest BCUT2D eigenvalue weighted by molar-refractivity contribution is -0.124. The highest BCUT2D eigenvalue weighted by Crippen LogP contribution is 2.16. The van der Waals surface area contributed by atoms with Gasteiger partial charge in [-0.3, -0.25) is 4.79 Å². The predicted octanol–water partition coefficient (Wildman–Crippen LogP) is 1.34. The van der Waals surface area contributed by atoms with E-state index in [2.05, 4.69) is 0 Å². The summed E-state index contributed by atoms with van der Waals surface area (Å²) in [5, 5.41) is 8.67. The summed E-state index contributed by atoms with van der Waals surface area (Å²) in [4.78, 5) is 24.4. The maximum Gasteiger partial charge on any atom is 0.410 e. The Morgan fingerprint density at radius 1 is 1.56 bits per heavy atom. The standard InChI is InChI=1S/C11H16N2O3/c1-11(2,3)16-10(15)13-5-4-8(6-12)9(14)7-13/h8H,4-5,7H2,1-3H3/t8-/m0/s1. The van der Waals surface area contributed by atoms with Crippen LogP contribution < -0.4 is 0 Å². The molecule has 0 spiro atoms. The van der Waals surface area contributed by atoms with E-state index in [0.29, 0.717) is 13.0 Å². The number of Topliss-reactive ketones (excluding diaryl/α,β-unsaturated/α-hetero) is 1. The van der Waals surface area contributed by atoms with Gasteiger partial charge in [0.1, 0.15) is 11.5 Å². The molecule has 1 aliphatic heterocycles. The van der Waals surface area contributed by atoms with Gasteiger partial charge in [-0.25, -0.2) is 4.79 Å². The number of ketones is 1. The van der Waals surface area contributed by atoms with E-state index >= 15 is 0 Å². The number of piperidine rings is 1. The first-order valence-electron chi connectivity index (χ1n) is 5.24. The van der Waals surface area contributed by atoms with Gasteiger partial charge >= 0.3 is 6.09 Å². The molecule has 0 N–H and O–H groups in total. The summed E-state index contributed by atoms with van der Waals surface area (Å²) in [7, 11) is 0. The average molecular weight is 224 g/mol. The fraction of sp³-hybridized carbons (Fsp3) is 0.727. The molecular weight excluding hydrogens is 208 g/mol. The van der Waals surface area contributed by atoms with Crippen LogP contribution in [0.2, 0.25) is 0 Å². The number of rotatable bonds is 0. The summed E-state index contributed by atoms with van der Waals surface area (Å²) >= 11 is 0. The van der Waals surface area contributed by atoms with Crippen molar-refractivity contribution >= 4 is 11.9 Å². The van der Waals surface area contributed by atoms with Crippen molar-refractivity contribution in [2.24, 2.45) is 5.92 Å². The first-order chi connectivity index (χ1) is 7.33. The third-order valence-electron chi connectivity index (χ3n) is 2.23. The summed E-state index contributed by atoms with van der Waals surface area (Å²) in [6.45, 7) is 5.70. The zero-order valence-corrected chi connectivity index (χ0v) is 9.82. The molecule has 1 amide bonds. The van der Waals surface area contributed by atoms with Gasteiger partial charge < -0.3 is 9.64 Å². The molecule has 0 bridgehead atoms. The summed E-state index contributed by atoms with van der Waals surface area (Å²) < 4.78 is 5.15. The normalized spacial score (nSPS) is 21.5. The van der Waals surface area contributed by atoms with E-state index in [1.54, 1.807) is 20.8 Å². The zero-order chi connectivity index (χ0) is 12.3. The third-order valence-corrected chi connectivity index (χ3v) is 2.23. The van der Waals surface area contributed by atoms with Crippen molar-refractivity contribution < 1.29 is 14.3 Å². The summed E-state index contributed by atoms with van der Waals surface area (Å²) in [5.41, 5.74) is -0.563. The first kappa shape index (κ1) is 12.5. The van der Waals surface area contributed by atoms with Gasteiger partial charge in [-0.05, 0) is 27.2 Å². The van der Waals surface area contributed by atoms with Crippen LogP contribution in [-0.4, -0.2) is 35.5 Å². The molecule has 0 unspecified atom stereocenters. The summed E-state index contributed by atoms with van der Waals surface area (Å²) in [6, 6.07) is 1.93. The molecule has 0 aromatic carbocycles. The topological polar surface area (TPSA) is 70.4 Å². The number of ether oxygens (including phenoxy) is 1. The predicted molar refractivity (Wildman–Crippen MR) is 56.5 cm³/mol. The maximum absolute atomic E-state index is 11.6.